The van der Waals surface area contributed by atoms with Gasteiger partial charge in [0.25, 0.3) is 5.91 Å². The molecule has 0 aliphatic carbocycles. The van der Waals surface area contributed by atoms with Crippen LogP contribution in [0.2, 0.25) is 5.02 Å². The molecule has 1 N–H and O–H groups in total. The molecule has 1 aromatic carbocycles. The van der Waals surface area contributed by atoms with Crippen molar-refractivity contribution in [3.63, 3.8) is 0 Å². The molecule has 3 heterocycles. The molecule has 0 spiro atoms. The van der Waals surface area contributed by atoms with E-state index in [1.165, 1.54) is 0 Å². The predicted octanol–water partition coefficient (Wildman–Crippen LogP) is 3.37. The van der Waals surface area contributed by atoms with Gasteiger partial charge in [-0.15, -0.1) is 0 Å². The molecule has 6 nitrogen and oxygen atoms in total. The second kappa shape index (κ2) is 7.90. The Kier molecular flexibility index (Phi) is 5.18. The van der Waals surface area contributed by atoms with Crippen LogP contribution in [0.25, 0.3) is 10.9 Å². The van der Waals surface area contributed by atoms with E-state index >= 15 is 0 Å². The van der Waals surface area contributed by atoms with Crippen LogP contribution in [0, 0.1) is 0 Å². The number of benzene rings is 1. The Bertz CT molecular complexity index is 959. The van der Waals surface area contributed by atoms with Crippen molar-refractivity contribution in [1.82, 2.24) is 14.9 Å². The lowest BCUT2D eigenvalue weighted by atomic mass is 10.1. The van der Waals surface area contributed by atoms with E-state index in [4.69, 9.17) is 16.3 Å². The van der Waals surface area contributed by atoms with E-state index in [2.05, 4.69) is 15.3 Å². The van der Waals surface area contributed by atoms with Gasteiger partial charge >= 0.3 is 0 Å². The van der Waals surface area contributed by atoms with Crippen molar-refractivity contribution in [2.45, 2.75) is 6.54 Å². The maximum absolute atomic E-state index is 13.1. The zero-order chi connectivity index (χ0) is 18.6. The molecule has 0 bridgehead atoms. The highest BCUT2D eigenvalue weighted by Crippen LogP contribution is 2.30. The van der Waals surface area contributed by atoms with Gasteiger partial charge in [-0.25, -0.2) is 0 Å². The number of pyridine rings is 2. The molecule has 7 heteroatoms. The molecule has 1 amide bonds. The Morgan fingerprint density at radius 2 is 2.04 bits per heavy atom. The lowest BCUT2D eigenvalue weighted by molar-refractivity contribution is 0.0303. The molecular weight excluding hydrogens is 364 g/mol. The monoisotopic (exact) mass is 382 g/mol. The highest BCUT2D eigenvalue weighted by Gasteiger charge is 2.23. The molecule has 1 aliphatic heterocycles. The van der Waals surface area contributed by atoms with E-state index in [-0.39, 0.29) is 5.91 Å². The van der Waals surface area contributed by atoms with Crippen molar-refractivity contribution < 1.29 is 9.53 Å². The molecule has 2 aromatic heterocycles. The number of anilines is 1. The summed E-state index contributed by atoms with van der Waals surface area (Å²) in [6.07, 6.45) is 3.38. The van der Waals surface area contributed by atoms with Crippen molar-refractivity contribution in [2.24, 2.45) is 0 Å². The van der Waals surface area contributed by atoms with Crippen LogP contribution in [-0.2, 0) is 11.3 Å². The van der Waals surface area contributed by atoms with Gasteiger partial charge in [0.05, 0.1) is 42.2 Å². The number of carbonyl (C=O) groups excluding carboxylic acids is 1. The van der Waals surface area contributed by atoms with Crippen LogP contribution in [-0.4, -0.2) is 47.1 Å². The highest BCUT2D eigenvalue weighted by molar-refractivity contribution is 6.31. The maximum Gasteiger partial charge on any atom is 0.257 e. The summed E-state index contributed by atoms with van der Waals surface area (Å²) in [5.41, 5.74) is 2.92. The van der Waals surface area contributed by atoms with Gasteiger partial charge in [-0.05, 0) is 30.3 Å². The van der Waals surface area contributed by atoms with E-state index in [9.17, 15) is 4.79 Å². The Labute approximate surface area is 162 Å². The molecule has 0 unspecified atom stereocenters. The van der Waals surface area contributed by atoms with Crippen LogP contribution in [0.4, 0.5) is 5.69 Å². The van der Waals surface area contributed by atoms with Gasteiger partial charge in [-0.2, -0.15) is 0 Å². The van der Waals surface area contributed by atoms with Crippen LogP contribution >= 0.6 is 11.6 Å². The van der Waals surface area contributed by atoms with Crippen molar-refractivity contribution in [2.75, 3.05) is 31.6 Å². The standard InChI is InChI=1S/C20H19ClN4O2/c21-14-4-5-18-16(11-14)19(24-12-15-3-1-2-6-22-15)17(13-23-18)20(26)25-7-9-27-10-8-25/h1-6,11,13H,7-10,12H2,(H,23,24). The average molecular weight is 383 g/mol. The summed E-state index contributed by atoms with van der Waals surface area (Å²) in [7, 11) is 0. The van der Waals surface area contributed by atoms with Crippen molar-refractivity contribution >= 4 is 34.1 Å². The summed E-state index contributed by atoms with van der Waals surface area (Å²) in [6.45, 7) is 2.75. The number of aromatic nitrogens is 2. The first-order chi connectivity index (χ1) is 13.2. The van der Waals surface area contributed by atoms with Gasteiger partial charge in [-0.3, -0.25) is 14.8 Å². The first kappa shape index (κ1) is 17.7. The summed E-state index contributed by atoms with van der Waals surface area (Å²) in [6, 6.07) is 11.2. The number of nitrogens with one attached hydrogen (secondary N) is 1. The molecule has 0 atom stereocenters. The Balaban J connectivity index is 1.73. The van der Waals surface area contributed by atoms with Crippen molar-refractivity contribution in [3.05, 3.63) is 65.1 Å². The summed E-state index contributed by atoms with van der Waals surface area (Å²) in [5.74, 6) is -0.0591. The average Bonchev–Trinajstić information content (AvgIpc) is 2.72. The number of fused-ring (bicyclic) bond motifs is 1. The van der Waals surface area contributed by atoms with Crippen molar-refractivity contribution in [3.8, 4) is 0 Å². The fraction of sp³-hybridized carbons (Fsp3) is 0.250. The number of rotatable bonds is 4. The Morgan fingerprint density at radius 3 is 2.81 bits per heavy atom. The van der Waals surface area contributed by atoms with Gasteiger partial charge in [-0.1, -0.05) is 17.7 Å². The number of morpholine rings is 1. The first-order valence-electron chi connectivity index (χ1n) is 8.81. The number of ether oxygens (including phenoxy) is 1. The van der Waals surface area contributed by atoms with Gasteiger partial charge in [0, 0.05) is 35.9 Å². The minimum Gasteiger partial charge on any atom is -0.378 e. The minimum atomic E-state index is -0.0591. The molecule has 1 aliphatic rings. The summed E-state index contributed by atoms with van der Waals surface area (Å²) >= 11 is 6.21. The molecule has 1 fully saturated rings. The third kappa shape index (κ3) is 3.86. The highest BCUT2D eigenvalue weighted by atomic mass is 35.5. The van der Waals surface area contributed by atoms with Gasteiger partial charge in [0.15, 0.2) is 0 Å². The normalized spacial score (nSPS) is 14.3. The minimum absolute atomic E-state index is 0.0591. The summed E-state index contributed by atoms with van der Waals surface area (Å²) in [4.78, 5) is 23.7. The Morgan fingerprint density at radius 1 is 1.19 bits per heavy atom. The van der Waals surface area contributed by atoms with Gasteiger partial charge < -0.3 is 15.0 Å². The summed E-state index contributed by atoms with van der Waals surface area (Å²) < 4.78 is 5.36. The lowest BCUT2D eigenvalue weighted by Gasteiger charge is -2.27. The fourth-order valence-corrected chi connectivity index (χ4v) is 3.31. The molecule has 138 valence electrons. The van der Waals surface area contributed by atoms with E-state index in [0.717, 1.165) is 22.3 Å². The number of hydrogen-bond acceptors (Lipinski definition) is 5. The number of carbonyl (C=O) groups is 1. The smallest absolute Gasteiger partial charge is 0.257 e. The van der Waals surface area contributed by atoms with E-state index in [1.54, 1.807) is 23.4 Å². The molecular formula is C20H19ClN4O2. The van der Waals surface area contributed by atoms with Crippen LogP contribution < -0.4 is 5.32 Å². The third-order valence-electron chi connectivity index (χ3n) is 4.53. The molecule has 1 saturated heterocycles. The van der Waals surface area contributed by atoms with Crippen LogP contribution in [0.1, 0.15) is 16.1 Å². The third-order valence-corrected chi connectivity index (χ3v) is 4.77. The maximum atomic E-state index is 13.1. The first-order valence-corrected chi connectivity index (χ1v) is 9.19. The summed E-state index contributed by atoms with van der Waals surface area (Å²) in [5, 5.41) is 4.80. The topological polar surface area (TPSA) is 67.4 Å². The molecule has 0 radical (unpaired) electrons. The molecule has 27 heavy (non-hydrogen) atoms. The number of halogens is 1. The van der Waals surface area contributed by atoms with Gasteiger partial charge in [0.1, 0.15) is 0 Å². The van der Waals surface area contributed by atoms with E-state index in [0.29, 0.717) is 43.4 Å². The molecule has 4 rings (SSSR count). The van der Waals surface area contributed by atoms with Crippen LogP contribution in [0.5, 0.6) is 0 Å². The van der Waals surface area contributed by atoms with Crippen molar-refractivity contribution in [1.29, 1.82) is 0 Å². The molecule has 0 saturated carbocycles. The number of nitrogens with zero attached hydrogens (tertiary/aromatic N) is 3. The zero-order valence-corrected chi connectivity index (χ0v) is 15.4. The largest absolute Gasteiger partial charge is 0.378 e. The number of amides is 1. The quantitative estimate of drug-likeness (QED) is 0.749. The van der Waals surface area contributed by atoms with Crippen LogP contribution in [0.15, 0.2) is 48.8 Å². The molecule has 3 aromatic rings. The fourth-order valence-electron chi connectivity index (χ4n) is 3.14. The lowest BCUT2D eigenvalue weighted by Crippen LogP contribution is -2.41. The van der Waals surface area contributed by atoms with Gasteiger partial charge in [0.2, 0.25) is 0 Å². The number of hydrogen-bond donors (Lipinski definition) is 1. The SMILES string of the molecule is O=C(c1cnc2ccc(Cl)cc2c1NCc1ccccn1)N1CCOCC1. The van der Waals surface area contributed by atoms with E-state index in [1.807, 2.05) is 30.3 Å². The second-order valence-corrected chi connectivity index (χ2v) is 6.72. The van der Waals surface area contributed by atoms with Crippen LogP contribution in [0.3, 0.4) is 0 Å². The zero-order valence-electron chi connectivity index (χ0n) is 14.7. The Hall–Kier alpha value is -2.70. The second-order valence-electron chi connectivity index (χ2n) is 6.29. The van der Waals surface area contributed by atoms with E-state index < -0.39 is 0 Å². The predicted molar refractivity (Wildman–Crippen MR) is 105 cm³/mol.